The predicted molar refractivity (Wildman–Crippen MR) is 72.7 cm³/mol. The molecule has 0 atom stereocenters. The molecule has 16 heavy (non-hydrogen) atoms. The standard InChI is InChI=1S/C12H11NOS2/c1-8-5-3-4-6-9(8)7-10-11(14)16-12(13-10)15-2/h3-7H,1-2H3. The van der Waals surface area contributed by atoms with Crippen molar-refractivity contribution < 1.29 is 4.79 Å². The number of hydrogen-bond acceptors (Lipinski definition) is 4. The van der Waals surface area contributed by atoms with Crippen LogP contribution >= 0.6 is 23.5 Å². The van der Waals surface area contributed by atoms with Crippen molar-refractivity contribution in [3.63, 3.8) is 0 Å². The Bertz CT molecular complexity index is 492. The van der Waals surface area contributed by atoms with Crippen LogP contribution in [0.2, 0.25) is 0 Å². The maximum atomic E-state index is 11.6. The van der Waals surface area contributed by atoms with Crippen molar-refractivity contribution in [2.75, 3.05) is 6.26 Å². The molecule has 1 heterocycles. The molecule has 0 N–H and O–H groups in total. The molecule has 0 aliphatic carbocycles. The molecule has 1 aliphatic rings. The summed E-state index contributed by atoms with van der Waals surface area (Å²) in [6.45, 7) is 2.03. The first-order valence-corrected chi connectivity index (χ1v) is 6.87. The number of thioether (sulfide) groups is 2. The molecule has 1 aromatic carbocycles. The third-order valence-corrected chi connectivity index (χ3v) is 4.11. The van der Waals surface area contributed by atoms with Crippen LogP contribution in [0.25, 0.3) is 6.08 Å². The van der Waals surface area contributed by atoms with Crippen LogP contribution in [0, 0.1) is 6.92 Å². The molecule has 2 rings (SSSR count). The van der Waals surface area contributed by atoms with Crippen LogP contribution in [-0.2, 0) is 4.79 Å². The number of aryl methyl sites for hydroxylation is 1. The van der Waals surface area contributed by atoms with E-state index in [-0.39, 0.29) is 5.12 Å². The first-order valence-electron chi connectivity index (χ1n) is 4.83. The third-order valence-electron chi connectivity index (χ3n) is 2.26. The molecular weight excluding hydrogens is 238 g/mol. The van der Waals surface area contributed by atoms with Gasteiger partial charge in [-0.3, -0.25) is 4.79 Å². The number of carbonyl (C=O) groups is 1. The maximum absolute atomic E-state index is 11.6. The number of hydrogen-bond donors (Lipinski definition) is 0. The van der Waals surface area contributed by atoms with Crippen LogP contribution in [0.1, 0.15) is 11.1 Å². The van der Waals surface area contributed by atoms with Gasteiger partial charge < -0.3 is 0 Å². The summed E-state index contributed by atoms with van der Waals surface area (Å²) in [5, 5.41) is 0.0348. The predicted octanol–water partition coefficient (Wildman–Crippen LogP) is 3.33. The Morgan fingerprint density at radius 3 is 2.75 bits per heavy atom. The van der Waals surface area contributed by atoms with E-state index >= 15 is 0 Å². The summed E-state index contributed by atoms with van der Waals surface area (Å²) in [5.74, 6) is 0. The lowest BCUT2D eigenvalue weighted by atomic mass is 10.1. The number of carbonyl (C=O) groups excluding carboxylic acids is 1. The van der Waals surface area contributed by atoms with E-state index in [1.807, 2.05) is 43.5 Å². The van der Waals surface area contributed by atoms with E-state index in [4.69, 9.17) is 0 Å². The number of rotatable bonds is 1. The van der Waals surface area contributed by atoms with E-state index < -0.39 is 0 Å². The fourth-order valence-corrected chi connectivity index (χ4v) is 2.63. The smallest absolute Gasteiger partial charge is 0.244 e. The molecule has 1 aromatic rings. The molecule has 0 fully saturated rings. The highest BCUT2D eigenvalue weighted by molar-refractivity contribution is 8.45. The zero-order valence-corrected chi connectivity index (χ0v) is 10.7. The summed E-state index contributed by atoms with van der Waals surface area (Å²) >= 11 is 2.71. The van der Waals surface area contributed by atoms with Gasteiger partial charge in [-0.2, -0.15) is 0 Å². The average Bonchev–Trinajstić information content (AvgIpc) is 2.63. The van der Waals surface area contributed by atoms with Crippen LogP contribution < -0.4 is 0 Å². The fraction of sp³-hybridized carbons (Fsp3) is 0.167. The first-order chi connectivity index (χ1) is 7.70. The molecule has 0 aromatic heterocycles. The van der Waals surface area contributed by atoms with Crippen LogP contribution in [0.5, 0.6) is 0 Å². The van der Waals surface area contributed by atoms with Gasteiger partial charge in [-0.25, -0.2) is 4.99 Å². The molecule has 0 amide bonds. The van der Waals surface area contributed by atoms with E-state index in [9.17, 15) is 4.79 Å². The molecule has 0 bridgehead atoms. The molecule has 0 unspecified atom stereocenters. The van der Waals surface area contributed by atoms with Gasteiger partial charge in [0.15, 0.2) is 0 Å². The van der Waals surface area contributed by atoms with Gasteiger partial charge in [0.2, 0.25) is 5.12 Å². The van der Waals surface area contributed by atoms with Crippen molar-refractivity contribution in [2.45, 2.75) is 6.92 Å². The SMILES string of the molecule is CSC1=NC(=Cc2ccccc2C)C(=O)S1. The Morgan fingerprint density at radius 2 is 2.12 bits per heavy atom. The van der Waals surface area contributed by atoms with Gasteiger partial charge in [0.25, 0.3) is 0 Å². The second-order valence-corrected chi connectivity index (χ2v) is 5.37. The van der Waals surface area contributed by atoms with Crippen LogP contribution in [0.4, 0.5) is 0 Å². The van der Waals surface area contributed by atoms with Gasteiger partial charge in [-0.1, -0.05) is 24.3 Å². The lowest BCUT2D eigenvalue weighted by Gasteiger charge is -1.98. The summed E-state index contributed by atoms with van der Waals surface area (Å²) in [5.41, 5.74) is 2.75. The van der Waals surface area contributed by atoms with Crippen molar-refractivity contribution in [2.24, 2.45) is 4.99 Å². The van der Waals surface area contributed by atoms with Crippen molar-refractivity contribution >= 4 is 39.1 Å². The zero-order valence-electron chi connectivity index (χ0n) is 9.06. The second-order valence-electron chi connectivity index (χ2n) is 3.36. The number of aliphatic imine (C=N–C) groups is 1. The van der Waals surface area contributed by atoms with E-state index in [0.717, 1.165) is 15.5 Å². The number of nitrogens with zero attached hydrogens (tertiary/aromatic N) is 1. The minimum atomic E-state index is 0.0348. The van der Waals surface area contributed by atoms with Crippen molar-refractivity contribution in [1.29, 1.82) is 0 Å². The van der Waals surface area contributed by atoms with Gasteiger partial charge >= 0.3 is 0 Å². The zero-order chi connectivity index (χ0) is 11.5. The number of benzene rings is 1. The van der Waals surface area contributed by atoms with Crippen LogP contribution in [-0.4, -0.2) is 15.7 Å². The van der Waals surface area contributed by atoms with Crippen LogP contribution in [0.15, 0.2) is 35.0 Å². The Morgan fingerprint density at radius 1 is 1.38 bits per heavy atom. The quantitative estimate of drug-likeness (QED) is 0.715. The van der Waals surface area contributed by atoms with Gasteiger partial charge in [0.05, 0.1) is 0 Å². The highest BCUT2D eigenvalue weighted by Crippen LogP contribution is 2.30. The summed E-state index contributed by atoms with van der Waals surface area (Å²) in [7, 11) is 0. The summed E-state index contributed by atoms with van der Waals surface area (Å²) in [6.07, 6.45) is 3.78. The molecule has 1 aliphatic heterocycles. The first kappa shape index (κ1) is 11.5. The van der Waals surface area contributed by atoms with E-state index in [1.165, 1.54) is 23.5 Å². The highest BCUT2D eigenvalue weighted by Gasteiger charge is 2.21. The lowest BCUT2D eigenvalue weighted by molar-refractivity contribution is -0.107. The van der Waals surface area contributed by atoms with E-state index in [2.05, 4.69) is 4.99 Å². The van der Waals surface area contributed by atoms with E-state index in [1.54, 1.807) is 0 Å². The third kappa shape index (κ3) is 2.39. The molecule has 0 radical (unpaired) electrons. The van der Waals surface area contributed by atoms with Gasteiger partial charge in [-0.15, -0.1) is 11.8 Å². The second kappa shape index (κ2) is 4.89. The molecule has 82 valence electrons. The highest BCUT2D eigenvalue weighted by atomic mass is 32.2. The minimum absolute atomic E-state index is 0.0348. The van der Waals surface area contributed by atoms with Gasteiger partial charge in [0, 0.05) is 0 Å². The monoisotopic (exact) mass is 249 g/mol. The molecule has 2 nitrogen and oxygen atoms in total. The Hall–Kier alpha value is -1.000. The largest absolute Gasteiger partial charge is 0.279 e. The van der Waals surface area contributed by atoms with Crippen LogP contribution in [0.3, 0.4) is 0 Å². The van der Waals surface area contributed by atoms with Gasteiger partial charge in [-0.05, 0) is 42.1 Å². The summed E-state index contributed by atoms with van der Waals surface area (Å²) < 4.78 is 0.824. The normalized spacial score (nSPS) is 18.0. The van der Waals surface area contributed by atoms with Gasteiger partial charge in [0.1, 0.15) is 10.1 Å². The molecule has 0 saturated heterocycles. The lowest BCUT2D eigenvalue weighted by Crippen LogP contribution is -1.89. The molecule has 4 heteroatoms. The van der Waals surface area contributed by atoms with Crippen molar-refractivity contribution in [1.82, 2.24) is 0 Å². The molecule has 0 spiro atoms. The van der Waals surface area contributed by atoms with Crippen molar-refractivity contribution in [3.05, 3.63) is 41.1 Å². The Balaban J connectivity index is 2.35. The minimum Gasteiger partial charge on any atom is -0.279 e. The van der Waals surface area contributed by atoms with Crippen molar-refractivity contribution in [3.8, 4) is 0 Å². The molecular formula is C12H11NOS2. The average molecular weight is 249 g/mol. The molecule has 0 saturated carbocycles. The Kier molecular flexibility index (Phi) is 3.51. The summed E-state index contributed by atoms with van der Waals surface area (Å²) in [4.78, 5) is 15.9. The fourth-order valence-electron chi connectivity index (χ4n) is 1.37. The Labute approximate surface area is 103 Å². The van der Waals surface area contributed by atoms with E-state index in [0.29, 0.717) is 5.70 Å². The maximum Gasteiger partial charge on any atom is 0.244 e. The topological polar surface area (TPSA) is 29.4 Å². The summed E-state index contributed by atoms with van der Waals surface area (Å²) in [6, 6.07) is 7.97.